The Balaban J connectivity index is 1.31. The highest BCUT2D eigenvalue weighted by molar-refractivity contribution is 5.87. The lowest BCUT2D eigenvalue weighted by Crippen LogP contribution is -2.30. The number of carbonyl (C=O) groups is 1. The van der Waals surface area contributed by atoms with Gasteiger partial charge in [-0.05, 0) is 68.2 Å². The molecule has 3 rings (SSSR count). The summed E-state index contributed by atoms with van der Waals surface area (Å²) >= 11 is 0. The fraction of sp³-hybridized carbons (Fsp3) is 0.435. The fourth-order valence-electron chi connectivity index (χ4n) is 3.90. The molecule has 0 radical (unpaired) electrons. The van der Waals surface area contributed by atoms with Crippen molar-refractivity contribution >= 4 is 5.97 Å². The SMILES string of the molecule is CN(CCCCCC1CC(c2cccc(F)c2)NN1)Cc1cccc(C(=O)O)c1. The van der Waals surface area contributed by atoms with Crippen LogP contribution in [0.4, 0.5) is 4.39 Å². The van der Waals surface area contributed by atoms with Gasteiger partial charge in [-0.15, -0.1) is 0 Å². The molecule has 1 saturated heterocycles. The minimum atomic E-state index is -0.885. The van der Waals surface area contributed by atoms with E-state index < -0.39 is 5.97 Å². The Labute approximate surface area is 171 Å². The van der Waals surface area contributed by atoms with Crippen molar-refractivity contribution in [3.05, 3.63) is 71.0 Å². The van der Waals surface area contributed by atoms with E-state index in [2.05, 4.69) is 22.8 Å². The van der Waals surface area contributed by atoms with Crippen molar-refractivity contribution in [1.29, 1.82) is 0 Å². The van der Waals surface area contributed by atoms with E-state index in [9.17, 15) is 9.18 Å². The molecule has 3 N–H and O–H groups in total. The summed E-state index contributed by atoms with van der Waals surface area (Å²) in [5.41, 5.74) is 8.98. The number of aromatic carboxylic acids is 1. The van der Waals surface area contributed by atoms with Gasteiger partial charge in [-0.2, -0.15) is 0 Å². The Morgan fingerprint density at radius 1 is 1.14 bits per heavy atom. The zero-order valence-electron chi connectivity index (χ0n) is 16.9. The van der Waals surface area contributed by atoms with Gasteiger partial charge in [-0.25, -0.2) is 9.18 Å². The summed E-state index contributed by atoms with van der Waals surface area (Å²) in [5.74, 6) is -1.07. The predicted molar refractivity (Wildman–Crippen MR) is 112 cm³/mol. The Kier molecular flexibility index (Phi) is 7.75. The quantitative estimate of drug-likeness (QED) is 0.525. The number of nitrogens with one attached hydrogen (secondary N) is 2. The van der Waals surface area contributed by atoms with Crippen LogP contribution in [0.15, 0.2) is 48.5 Å². The average molecular weight is 400 g/mol. The predicted octanol–water partition coefficient (Wildman–Crippen LogP) is 4.12. The minimum Gasteiger partial charge on any atom is -0.478 e. The molecule has 1 heterocycles. The Morgan fingerprint density at radius 2 is 1.97 bits per heavy atom. The highest BCUT2D eigenvalue weighted by Crippen LogP contribution is 2.25. The van der Waals surface area contributed by atoms with Crippen molar-refractivity contribution in [3.63, 3.8) is 0 Å². The Hall–Kier alpha value is -2.28. The van der Waals surface area contributed by atoms with Crippen LogP contribution >= 0.6 is 0 Å². The standard InChI is InChI=1S/C23H30FN3O2/c1-27(16-17-7-5-9-19(13-17)23(28)29)12-4-2-3-11-21-15-22(26-25-21)18-8-6-10-20(24)14-18/h5-10,13-14,21-22,25-26H,2-4,11-12,15-16H2,1H3,(H,28,29). The first-order valence-corrected chi connectivity index (χ1v) is 10.3. The monoisotopic (exact) mass is 399 g/mol. The maximum Gasteiger partial charge on any atom is 0.335 e. The third kappa shape index (κ3) is 6.63. The fourth-order valence-corrected chi connectivity index (χ4v) is 3.90. The van der Waals surface area contributed by atoms with E-state index in [0.29, 0.717) is 11.6 Å². The second-order valence-corrected chi connectivity index (χ2v) is 7.92. The summed E-state index contributed by atoms with van der Waals surface area (Å²) < 4.78 is 13.4. The van der Waals surface area contributed by atoms with E-state index in [1.165, 1.54) is 6.07 Å². The molecule has 0 aliphatic carbocycles. The van der Waals surface area contributed by atoms with Crippen molar-refractivity contribution in [2.75, 3.05) is 13.6 Å². The normalized spacial score (nSPS) is 19.0. The van der Waals surface area contributed by atoms with Gasteiger partial charge in [0.1, 0.15) is 5.82 Å². The van der Waals surface area contributed by atoms with Crippen LogP contribution in [-0.2, 0) is 6.54 Å². The summed E-state index contributed by atoms with van der Waals surface area (Å²) in [6.45, 7) is 1.74. The highest BCUT2D eigenvalue weighted by atomic mass is 19.1. The lowest BCUT2D eigenvalue weighted by molar-refractivity contribution is 0.0696. The molecule has 0 saturated carbocycles. The van der Waals surface area contributed by atoms with Crippen LogP contribution in [-0.4, -0.2) is 35.6 Å². The Bertz CT molecular complexity index is 814. The molecular weight excluding hydrogens is 369 g/mol. The van der Waals surface area contributed by atoms with Gasteiger partial charge in [0, 0.05) is 18.6 Å². The molecule has 2 unspecified atom stereocenters. The summed E-state index contributed by atoms with van der Waals surface area (Å²) in [4.78, 5) is 13.3. The van der Waals surface area contributed by atoms with Crippen molar-refractivity contribution in [2.45, 2.75) is 50.7 Å². The molecule has 29 heavy (non-hydrogen) atoms. The molecular formula is C23H30FN3O2. The van der Waals surface area contributed by atoms with Gasteiger partial charge in [-0.1, -0.05) is 37.1 Å². The van der Waals surface area contributed by atoms with Crippen molar-refractivity contribution in [3.8, 4) is 0 Å². The van der Waals surface area contributed by atoms with Crippen molar-refractivity contribution in [2.24, 2.45) is 0 Å². The van der Waals surface area contributed by atoms with Crippen LogP contribution in [0, 0.1) is 5.82 Å². The number of nitrogens with zero attached hydrogens (tertiary/aromatic N) is 1. The van der Waals surface area contributed by atoms with Gasteiger partial charge >= 0.3 is 5.97 Å². The number of hydrazine groups is 1. The maximum absolute atomic E-state index is 13.4. The smallest absolute Gasteiger partial charge is 0.335 e. The molecule has 5 nitrogen and oxygen atoms in total. The van der Waals surface area contributed by atoms with Crippen molar-refractivity contribution < 1.29 is 14.3 Å². The summed E-state index contributed by atoms with van der Waals surface area (Å²) in [7, 11) is 2.07. The summed E-state index contributed by atoms with van der Waals surface area (Å²) in [5, 5.41) is 9.09. The first kappa shape index (κ1) is 21.4. The van der Waals surface area contributed by atoms with E-state index in [1.807, 2.05) is 12.1 Å². The Morgan fingerprint density at radius 3 is 2.76 bits per heavy atom. The van der Waals surface area contributed by atoms with Crippen LogP contribution in [0.5, 0.6) is 0 Å². The molecule has 0 aromatic heterocycles. The van der Waals surface area contributed by atoms with E-state index in [1.54, 1.807) is 30.3 Å². The number of benzene rings is 2. The van der Waals surface area contributed by atoms with E-state index >= 15 is 0 Å². The highest BCUT2D eigenvalue weighted by Gasteiger charge is 2.24. The number of carboxylic acid groups (broad SMARTS) is 1. The molecule has 1 fully saturated rings. The number of rotatable bonds is 10. The molecule has 156 valence electrons. The molecule has 6 heteroatoms. The van der Waals surface area contributed by atoms with Crippen LogP contribution < -0.4 is 10.9 Å². The second-order valence-electron chi connectivity index (χ2n) is 7.92. The van der Waals surface area contributed by atoms with Crippen LogP contribution in [0.25, 0.3) is 0 Å². The van der Waals surface area contributed by atoms with Gasteiger partial charge in [0.05, 0.1) is 5.56 Å². The van der Waals surface area contributed by atoms with Gasteiger partial charge in [0.15, 0.2) is 0 Å². The number of carboxylic acids is 1. The maximum atomic E-state index is 13.4. The zero-order chi connectivity index (χ0) is 20.6. The van der Waals surface area contributed by atoms with Gasteiger partial charge in [0.2, 0.25) is 0 Å². The summed E-state index contributed by atoms with van der Waals surface area (Å²) in [6.07, 6.45) is 5.49. The van der Waals surface area contributed by atoms with E-state index in [4.69, 9.17) is 5.11 Å². The molecule has 0 spiro atoms. The van der Waals surface area contributed by atoms with Gasteiger partial charge in [0.25, 0.3) is 0 Å². The third-order valence-corrected chi connectivity index (χ3v) is 5.45. The van der Waals surface area contributed by atoms with E-state index in [-0.39, 0.29) is 11.9 Å². The van der Waals surface area contributed by atoms with Gasteiger partial charge < -0.3 is 10.0 Å². The lowest BCUT2D eigenvalue weighted by atomic mass is 9.99. The number of halogens is 1. The minimum absolute atomic E-state index is 0.170. The zero-order valence-corrected chi connectivity index (χ0v) is 16.9. The lowest BCUT2D eigenvalue weighted by Gasteiger charge is -2.17. The first-order chi connectivity index (χ1) is 14.0. The largest absolute Gasteiger partial charge is 0.478 e. The second kappa shape index (κ2) is 10.5. The third-order valence-electron chi connectivity index (χ3n) is 5.45. The molecule has 1 aliphatic heterocycles. The average Bonchev–Trinajstić information content (AvgIpc) is 3.17. The molecule has 0 bridgehead atoms. The number of hydrogen-bond acceptors (Lipinski definition) is 4. The summed E-state index contributed by atoms with van der Waals surface area (Å²) in [6, 6.07) is 14.5. The molecule has 1 aliphatic rings. The molecule has 2 aromatic rings. The first-order valence-electron chi connectivity index (χ1n) is 10.3. The molecule has 2 atom stereocenters. The molecule has 0 amide bonds. The topological polar surface area (TPSA) is 64.6 Å². The van der Waals surface area contributed by atoms with Crippen LogP contribution in [0.2, 0.25) is 0 Å². The van der Waals surface area contributed by atoms with Crippen LogP contribution in [0.1, 0.15) is 59.6 Å². The van der Waals surface area contributed by atoms with Gasteiger partial charge in [-0.3, -0.25) is 10.9 Å². The number of unbranched alkanes of at least 4 members (excludes halogenated alkanes) is 2. The number of hydrogen-bond donors (Lipinski definition) is 3. The van der Waals surface area contributed by atoms with Crippen molar-refractivity contribution in [1.82, 2.24) is 15.8 Å². The molecule has 2 aromatic carbocycles. The van der Waals surface area contributed by atoms with Crippen LogP contribution in [0.3, 0.4) is 0 Å². The van der Waals surface area contributed by atoms with E-state index in [0.717, 1.165) is 56.3 Å².